The molecule has 126 valence electrons. The van der Waals surface area contributed by atoms with Crippen molar-refractivity contribution in [3.05, 3.63) is 35.9 Å². The Balaban J connectivity index is 1.54. The van der Waals surface area contributed by atoms with Crippen LogP contribution in [-0.2, 0) is 9.53 Å². The topological polar surface area (TPSA) is 36.0 Å². The summed E-state index contributed by atoms with van der Waals surface area (Å²) < 4.78 is 5.36. The van der Waals surface area contributed by atoms with Crippen molar-refractivity contribution in [1.82, 2.24) is 14.7 Å². The Morgan fingerprint density at radius 1 is 1.13 bits per heavy atom. The van der Waals surface area contributed by atoms with Crippen molar-refractivity contribution in [3.8, 4) is 0 Å². The molecule has 0 unspecified atom stereocenters. The van der Waals surface area contributed by atoms with Crippen LogP contribution in [0.2, 0.25) is 0 Å². The van der Waals surface area contributed by atoms with Gasteiger partial charge in [-0.3, -0.25) is 14.6 Å². The molecule has 1 aromatic carbocycles. The number of likely N-dealkylation sites (N-methyl/N-ethyl adjacent to an activating group) is 1. The predicted molar refractivity (Wildman–Crippen MR) is 90.3 cm³/mol. The predicted octanol–water partition coefficient (Wildman–Crippen LogP) is 1.22. The Morgan fingerprint density at radius 2 is 1.87 bits per heavy atom. The van der Waals surface area contributed by atoms with Crippen molar-refractivity contribution < 1.29 is 9.53 Å². The lowest BCUT2D eigenvalue weighted by Crippen LogP contribution is -2.49. The molecule has 0 aromatic heterocycles. The van der Waals surface area contributed by atoms with E-state index >= 15 is 0 Å². The van der Waals surface area contributed by atoms with E-state index in [-0.39, 0.29) is 5.91 Å². The number of benzene rings is 1. The molecule has 23 heavy (non-hydrogen) atoms. The van der Waals surface area contributed by atoms with Crippen LogP contribution in [0.3, 0.4) is 0 Å². The van der Waals surface area contributed by atoms with Crippen LogP contribution in [0.4, 0.5) is 0 Å². The van der Waals surface area contributed by atoms with Gasteiger partial charge >= 0.3 is 0 Å². The first-order chi connectivity index (χ1) is 11.2. The van der Waals surface area contributed by atoms with Crippen molar-refractivity contribution >= 4 is 5.91 Å². The van der Waals surface area contributed by atoms with E-state index < -0.39 is 0 Å². The zero-order valence-electron chi connectivity index (χ0n) is 14.0. The Bertz CT molecular complexity index is 502. The van der Waals surface area contributed by atoms with Crippen LogP contribution in [0.25, 0.3) is 0 Å². The number of nitrogens with zero attached hydrogens (tertiary/aromatic N) is 3. The second kappa shape index (κ2) is 7.90. The zero-order chi connectivity index (χ0) is 16.1. The minimum atomic E-state index is 0.283. The quantitative estimate of drug-likeness (QED) is 0.837. The average molecular weight is 317 g/mol. The average Bonchev–Trinajstić information content (AvgIpc) is 2.62. The number of rotatable bonds is 4. The number of ether oxygens (including phenoxy) is 1. The van der Waals surface area contributed by atoms with Gasteiger partial charge in [0.05, 0.1) is 19.3 Å². The third-order valence-electron chi connectivity index (χ3n) is 4.93. The van der Waals surface area contributed by atoms with Gasteiger partial charge < -0.3 is 9.64 Å². The number of amides is 1. The van der Waals surface area contributed by atoms with Crippen molar-refractivity contribution in [2.75, 3.05) is 59.5 Å². The van der Waals surface area contributed by atoms with Crippen LogP contribution in [-0.4, -0.2) is 80.1 Å². The normalized spacial score (nSPS) is 23.9. The van der Waals surface area contributed by atoms with E-state index in [4.69, 9.17) is 4.74 Å². The first-order valence-electron chi connectivity index (χ1n) is 8.57. The van der Waals surface area contributed by atoms with E-state index in [0.29, 0.717) is 12.5 Å². The molecule has 0 bridgehead atoms. The molecule has 2 heterocycles. The largest absolute Gasteiger partial charge is 0.379 e. The van der Waals surface area contributed by atoms with Gasteiger partial charge in [-0.15, -0.1) is 0 Å². The van der Waals surface area contributed by atoms with Gasteiger partial charge in [-0.1, -0.05) is 30.3 Å². The fourth-order valence-corrected chi connectivity index (χ4v) is 3.37. The van der Waals surface area contributed by atoms with Gasteiger partial charge in [0.1, 0.15) is 0 Å². The maximum Gasteiger partial charge on any atom is 0.223 e. The molecular weight excluding hydrogens is 290 g/mol. The van der Waals surface area contributed by atoms with Crippen LogP contribution in [0.1, 0.15) is 18.0 Å². The fraction of sp³-hybridized carbons (Fsp3) is 0.611. The summed E-state index contributed by atoms with van der Waals surface area (Å²) in [5.41, 5.74) is 1.29. The number of piperazine rings is 1. The van der Waals surface area contributed by atoms with Crippen LogP contribution >= 0.6 is 0 Å². The monoisotopic (exact) mass is 317 g/mol. The molecule has 0 spiro atoms. The number of morpholine rings is 1. The molecule has 0 radical (unpaired) electrons. The Kier molecular flexibility index (Phi) is 5.65. The number of carbonyl (C=O) groups is 1. The lowest BCUT2D eigenvalue weighted by atomic mass is 10.0. The highest BCUT2D eigenvalue weighted by molar-refractivity contribution is 5.76. The van der Waals surface area contributed by atoms with Gasteiger partial charge in [-0.25, -0.2) is 0 Å². The number of hydrogen-bond donors (Lipinski definition) is 0. The van der Waals surface area contributed by atoms with Crippen molar-refractivity contribution in [1.29, 1.82) is 0 Å². The minimum Gasteiger partial charge on any atom is -0.379 e. The van der Waals surface area contributed by atoms with Crippen LogP contribution in [0, 0.1) is 0 Å². The highest BCUT2D eigenvalue weighted by atomic mass is 16.5. The molecule has 2 aliphatic heterocycles. The van der Waals surface area contributed by atoms with E-state index in [1.165, 1.54) is 5.56 Å². The van der Waals surface area contributed by atoms with Crippen molar-refractivity contribution in [3.63, 3.8) is 0 Å². The second-order valence-corrected chi connectivity index (χ2v) is 6.45. The maximum atomic E-state index is 12.6. The standard InChI is InChI=1S/C18H27N3O2/c1-19-9-10-21(15-17(19)16-5-3-2-4-6-16)18(22)7-8-20-11-13-23-14-12-20/h2-6,17H,7-15H2,1H3/t17-/m0/s1. The molecule has 1 atom stereocenters. The maximum absolute atomic E-state index is 12.6. The second-order valence-electron chi connectivity index (χ2n) is 6.45. The van der Waals surface area contributed by atoms with E-state index in [0.717, 1.165) is 52.5 Å². The molecular formula is C18H27N3O2. The van der Waals surface area contributed by atoms with Gasteiger partial charge in [0.2, 0.25) is 5.91 Å². The van der Waals surface area contributed by atoms with Crippen LogP contribution < -0.4 is 0 Å². The summed E-state index contributed by atoms with van der Waals surface area (Å²) in [6, 6.07) is 10.8. The first-order valence-corrected chi connectivity index (χ1v) is 8.57. The molecule has 0 saturated carbocycles. The summed E-state index contributed by atoms with van der Waals surface area (Å²) in [5.74, 6) is 0.283. The summed E-state index contributed by atoms with van der Waals surface area (Å²) in [5, 5.41) is 0. The molecule has 2 aliphatic rings. The van der Waals surface area contributed by atoms with Gasteiger partial charge in [0, 0.05) is 45.7 Å². The third-order valence-corrected chi connectivity index (χ3v) is 4.93. The van der Waals surface area contributed by atoms with Gasteiger partial charge in [0.15, 0.2) is 0 Å². The smallest absolute Gasteiger partial charge is 0.223 e. The van der Waals surface area contributed by atoms with Gasteiger partial charge in [0.25, 0.3) is 0 Å². The SMILES string of the molecule is CN1CCN(C(=O)CCN2CCOCC2)C[C@H]1c1ccccc1. The lowest BCUT2D eigenvalue weighted by Gasteiger charge is -2.40. The van der Waals surface area contributed by atoms with Gasteiger partial charge in [-0.05, 0) is 12.6 Å². The summed E-state index contributed by atoms with van der Waals surface area (Å²) in [6.45, 7) is 6.89. The molecule has 2 saturated heterocycles. The van der Waals surface area contributed by atoms with Crippen LogP contribution in [0.5, 0.6) is 0 Å². The van der Waals surface area contributed by atoms with Crippen molar-refractivity contribution in [2.24, 2.45) is 0 Å². The number of hydrogen-bond acceptors (Lipinski definition) is 4. The number of carbonyl (C=O) groups excluding carboxylic acids is 1. The molecule has 1 aromatic rings. The Hall–Kier alpha value is -1.43. The highest BCUT2D eigenvalue weighted by Crippen LogP contribution is 2.24. The lowest BCUT2D eigenvalue weighted by molar-refractivity contribution is -0.134. The molecule has 5 nitrogen and oxygen atoms in total. The molecule has 0 N–H and O–H groups in total. The van der Waals surface area contributed by atoms with Crippen LogP contribution in [0.15, 0.2) is 30.3 Å². The fourth-order valence-electron chi connectivity index (χ4n) is 3.37. The van der Waals surface area contributed by atoms with Crippen molar-refractivity contribution in [2.45, 2.75) is 12.5 Å². The van der Waals surface area contributed by atoms with E-state index in [1.54, 1.807) is 0 Å². The van der Waals surface area contributed by atoms with E-state index in [2.05, 4.69) is 41.1 Å². The van der Waals surface area contributed by atoms with E-state index in [1.807, 2.05) is 11.0 Å². The third kappa shape index (κ3) is 4.31. The Labute approximate surface area is 138 Å². The minimum absolute atomic E-state index is 0.283. The summed E-state index contributed by atoms with van der Waals surface area (Å²) in [6.07, 6.45) is 0.616. The molecule has 5 heteroatoms. The zero-order valence-corrected chi connectivity index (χ0v) is 14.0. The molecule has 2 fully saturated rings. The molecule has 1 amide bonds. The Morgan fingerprint density at radius 3 is 2.61 bits per heavy atom. The first kappa shape index (κ1) is 16.4. The molecule has 3 rings (SSSR count). The van der Waals surface area contributed by atoms with E-state index in [9.17, 15) is 4.79 Å². The van der Waals surface area contributed by atoms with Gasteiger partial charge in [-0.2, -0.15) is 0 Å². The summed E-state index contributed by atoms with van der Waals surface area (Å²) in [4.78, 5) is 19.3. The molecule has 0 aliphatic carbocycles. The summed E-state index contributed by atoms with van der Waals surface area (Å²) >= 11 is 0. The summed E-state index contributed by atoms with van der Waals surface area (Å²) in [7, 11) is 2.15. The highest BCUT2D eigenvalue weighted by Gasteiger charge is 2.28.